The van der Waals surface area contributed by atoms with Gasteiger partial charge in [-0.3, -0.25) is 9.59 Å². The fraction of sp³-hybridized carbons (Fsp3) is 0.395. The van der Waals surface area contributed by atoms with Crippen LogP contribution in [-0.4, -0.2) is 29.6 Å². The Morgan fingerprint density at radius 1 is 0.840 bits per heavy atom. The van der Waals surface area contributed by atoms with Crippen LogP contribution in [-0.2, 0) is 29.0 Å². The van der Waals surface area contributed by atoms with Crippen molar-refractivity contribution in [2.75, 3.05) is 13.2 Å². The van der Waals surface area contributed by atoms with Crippen molar-refractivity contribution < 1.29 is 19.1 Å². The van der Waals surface area contributed by atoms with E-state index in [-0.39, 0.29) is 29.0 Å². The second-order valence-electron chi connectivity index (χ2n) is 15.4. The molecule has 3 aromatic carbocycles. The monoisotopic (exact) mass is 711 g/mol. The van der Waals surface area contributed by atoms with E-state index >= 15 is 0 Å². The maximum absolute atomic E-state index is 14.4. The lowest BCUT2D eigenvalue weighted by atomic mass is 9.63. The fourth-order valence-electron chi connectivity index (χ4n) is 7.91. The fourth-order valence-corrected chi connectivity index (χ4v) is 8.37. The molecule has 0 fully saturated rings. The Kier molecular flexibility index (Phi) is 10.4. The zero-order valence-corrected chi connectivity index (χ0v) is 31.3. The maximum Gasteiger partial charge on any atom is 0.165 e. The molecule has 0 amide bonds. The number of carbonyl (C=O) groups excluding carboxylic acids is 2. The van der Waals surface area contributed by atoms with E-state index in [9.17, 15) is 9.59 Å². The van der Waals surface area contributed by atoms with Crippen molar-refractivity contribution >= 4 is 34.8 Å². The van der Waals surface area contributed by atoms with E-state index in [1.165, 1.54) is 5.56 Å². The van der Waals surface area contributed by atoms with Crippen LogP contribution in [0, 0.1) is 10.8 Å². The zero-order valence-electron chi connectivity index (χ0n) is 29.8. The van der Waals surface area contributed by atoms with E-state index < -0.39 is 5.92 Å². The molecule has 1 heterocycles. The number of hydrogen-bond acceptors (Lipinski definition) is 5. The van der Waals surface area contributed by atoms with Crippen LogP contribution in [0.25, 0.3) is 0 Å². The number of ether oxygens (including phenoxy) is 2. The molecular weight excluding hydrogens is 665 g/mol. The summed E-state index contributed by atoms with van der Waals surface area (Å²) in [6.07, 6.45) is 5.52. The summed E-state index contributed by atoms with van der Waals surface area (Å²) in [4.78, 5) is 31.2. The van der Waals surface area contributed by atoms with Crippen LogP contribution in [0.5, 0.6) is 11.5 Å². The second-order valence-corrected chi connectivity index (χ2v) is 16.2. The highest BCUT2D eigenvalue weighted by Crippen LogP contribution is 2.55. The molecule has 0 N–H and O–H groups in total. The lowest BCUT2D eigenvalue weighted by Crippen LogP contribution is -2.45. The highest BCUT2D eigenvalue weighted by atomic mass is 35.5. The first-order valence-electron chi connectivity index (χ1n) is 17.6. The first-order valence-corrected chi connectivity index (χ1v) is 18.4. The van der Waals surface area contributed by atoms with Gasteiger partial charge in [-0.05, 0) is 72.8 Å². The summed E-state index contributed by atoms with van der Waals surface area (Å²) in [5, 5.41) is 1.08. The van der Waals surface area contributed by atoms with Gasteiger partial charge in [0.25, 0.3) is 0 Å². The molecule has 6 rings (SSSR count). The van der Waals surface area contributed by atoms with Gasteiger partial charge in [0.2, 0.25) is 0 Å². The lowest BCUT2D eigenvalue weighted by Gasteiger charge is -2.49. The SMILES string of the molecule is C=CCc1cc(C2C3=C(CC(C)(C)CC3=O)N(CCc3ccccc3)C3=C2C(=O)CC(C)(C)C3)cc(OCC)c1OCc1ccc(Cl)cc1Cl. The Morgan fingerprint density at radius 3 is 2.06 bits per heavy atom. The summed E-state index contributed by atoms with van der Waals surface area (Å²) >= 11 is 12.6. The van der Waals surface area contributed by atoms with Crippen LogP contribution >= 0.6 is 23.2 Å². The quantitative estimate of drug-likeness (QED) is 0.185. The molecule has 1 aliphatic heterocycles. The molecule has 0 radical (unpaired) electrons. The van der Waals surface area contributed by atoms with Crippen molar-refractivity contribution in [1.29, 1.82) is 0 Å². The number of Topliss-reactive ketones (excluding diaryl/α,β-unsaturated/α-hetero) is 2. The van der Waals surface area contributed by atoms with Gasteiger partial charge < -0.3 is 14.4 Å². The average molecular weight is 713 g/mol. The van der Waals surface area contributed by atoms with Gasteiger partial charge in [-0.25, -0.2) is 0 Å². The normalized spacial score (nSPS) is 18.6. The van der Waals surface area contributed by atoms with Gasteiger partial charge in [-0.15, -0.1) is 6.58 Å². The largest absolute Gasteiger partial charge is 0.490 e. The molecule has 2 aliphatic carbocycles. The van der Waals surface area contributed by atoms with Gasteiger partial charge in [-0.1, -0.05) is 99.4 Å². The molecule has 50 heavy (non-hydrogen) atoms. The number of rotatable bonds is 11. The van der Waals surface area contributed by atoms with E-state index in [0.717, 1.165) is 58.5 Å². The predicted molar refractivity (Wildman–Crippen MR) is 202 cm³/mol. The van der Waals surface area contributed by atoms with E-state index in [2.05, 4.69) is 69.5 Å². The van der Waals surface area contributed by atoms with Crippen LogP contribution in [0.1, 0.15) is 88.5 Å². The Balaban J connectivity index is 1.52. The Morgan fingerprint density at radius 2 is 1.48 bits per heavy atom. The van der Waals surface area contributed by atoms with Crippen molar-refractivity contribution in [2.45, 2.75) is 85.7 Å². The van der Waals surface area contributed by atoms with Gasteiger partial charge >= 0.3 is 0 Å². The third-order valence-corrected chi connectivity index (χ3v) is 10.6. The summed E-state index contributed by atoms with van der Waals surface area (Å²) < 4.78 is 12.7. The first kappa shape index (κ1) is 36.0. The summed E-state index contributed by atoms with van der Waals surface area (Å²) in [5.74, 6) is 0.877. The second kappa shape index (κ2) is 14.4. The molecule has 0 atom stereocenters. The van der Waals surface area contributed by atoms with Gasteiger partial charge in [0.1, 0.15) is 6.61 Å². The molecule has 0 aromatic heterocycles. The average Bonchev–Trinajstić information content (AvgIpc) is 3.03. The molecule has 7 heteroatoms. The number of ketones is 2. The Bertz CT molecular complexity index is 1830. The van der Waals surface area contributed by atoms with E-state index in [4.69, 9.17) is 32.7 Å². The van der Waals surface area contributed by atoms with Crippen molar-refractivity contribution in [3.05, 3.63) is 128 Å². The minimum atomic E-state index is -0.497. The minimum absolute atomic E-state index is 0.107. The van der Waals surface area contributed by atoms with E-state index in [1.54, 1.807) is 12.1 Å². The zero-order chi connectivity index (χ0) is 35.8. The molecule has 3 aliphatic rings. The molecule has 0 bridgehead atoms. The molecule has 5 nitrogen and oxygen atoms in total. The van der Waals surface area contributed by atoms with E-state index in [0.29, 0.717) is 54.0 Å². The van der Waals surface area contributed by atoms with Crippen LogP contribution in [0.3, 0.4) is 0 Å². The third kappa shape index (κ3) is 7.45. The van der Waals surface area contributed by atoms with Crippen LogP contribution in [0.4, 0.5) is 0 Å². The molecule has 0 saturated heterocycles. The summed E-state index contributed by atoms with van der Waals surface area (Å²) in [7, 11) is 0. The summed E-state index contributed by atoms with van der Waals surface area (Å²) in [6, 6.07) is 19.8. The van der Waals surface area contributed by atoms with Crippen LogP contribution in [0.2, 0.25) is 10.0 Å². The molecule has 0 spiro atoms. The number of halogens is 2. The molecular formula is C43H47Cl2NO4. The van der Waals surface area contributed by atoms with Crippen molar-refractivity contribution in [2.24, 2.45) is 10.8 Å². The Hall–Kier alpha value is -3.80. The van der Waals surface area contributed by atoms with Crippen LogP contribution < -0.4 is 9.47 Å². The minimum Gasteiger partial charge on any atom is -0.490 e. The number of hydrogen-bond donors (Lipinski definition) is 0. The van der Waals surface area contributed by atoms with Crippen molar-refractivity contribution in [3.8, 4) is 11.5 Å². The van der Waals surface area contributed by atoms with Crippen molar-refractivity contribution in [1.82, 2.24) is 4.90 Å². The maximum atomic E-state index is 14.4. The standard InChI is InChI=1S/C43H47Cl2NO4/c1-7-12-28-19-30(20-37(49-8-2)41(28)50-26-29-15-16-31(44)21-32(29)45)38-39-33(22-42(3,4)24-35(39)47)46(18-17-27-13-10-9-11-14-27)34-23-43(5,6)25-36(48)40(34)38/h7,9-11,13-16,19-21,38H,1,8,12,17-18,22-26H2,2-6H3. The first-order chi connectivity index (χ1) is 23.8. The topological polar surface area (TPSA) is 55.8 Å². The van der Waals surface area contributed by atoms with Crippen LogP contribution in [0.15, 0.2) is 95.9 Å². The van der Waals surface area contributed by atoms with Crippen molar-refractivity contribution in [3.63, 3.8) is 0 Å². The molecule has 0 saturated carbocycles. The predicted octanol–water partition coefficient (Wildman–Crippen LogP) is 10.6. The number of allylic oxidation sites excluding steroid dienone is 5. The third-order valence-electron chi connectivity index (χ3n) is 10.0. The number of carbonyl (C=O) groups is 2. The van der Waals surface area contributed by atoms with Gasteiger partial charge in [0, 0.05) is 69.0 Å². The Labute approximate surface area is 306 Å². The molecule has 262 valence electrons. The van der Waals surface area contributed by atoms with Gasteiger partial charge in [0.15, 0.2) is 23.1 Å². The van der Waals surface area contributed by atoms with Gasteiger partial charge in [0.05, 0.1) is 6.61 Å². The smallest absolute Gasteiger partial charge is 0.165 e. The lowest BCUT2D eigenvalue weighted by molar-refractivity contribution is -0.119. The summed E-state index contributed by atoms with van der Waals surface area (Å²) in [6.45, 7) is 16.0. The highest BCUT2D eigenvalue weighted by Gasteiger charge is 2.49. The molecule has 0 unspecified atom stereocenters. The number of benzene rings is 3. The molecule has 3 aromatic rings. The highest BCUT2D eigenvalue weighted by molar-refractivity contribution is 6.35. The summed E-state index contributed by atoms with van der Waals surface area (Å²) in [5.41, 5.74) is 6.95. The van der Waals surface area contributed by atoms with Gasteiger partial charge in [-0.2, -0.15) is 0 Å². The number of nitrogens with zero attached hydrogens (tertiary/aromatic N) is 1. The van der Waals surface area contributed by atoms with E-state index in [1.807, 2.05) is 31.2 Å².